The minimum absolute atomic E-state index is 0.181. The third-order valence-electron chi connectivity index (χ3n) is 2.22. The van der Waals surface area contributed by atoms with Gasteiger partial charge >= 0.3 is 0 Å². The van der Waals surface area contributed by atoms with Crippen molar-refractivity contribution in [1.29, 1.82) is 0 Å². The summed E-state index contributed by atoms with van der Waals surface area (Å²) in [4.78, 5) is 23.9. The van der Waals surface area contributed by atoms with E-state index in [9.17, 15) is 9.59 Å². The number of amides is 1. The zero-order chi connectivity index (χ0) is 12.1. The van der Waals surface area contributed by atoms with Crippen molar-refractivity contribution in [3.8, 4) is 0 Å². The molecule has 86 valence electrons. The molecular formula is C12H14BrNO2. The highest BCUT2D eigenvalue weighted by Gasteiger charge is 2.25. The Kier molecular flexibility index (Phi) is 4.68. The summed E-state index contributed by atoms with van der Waals surface area (Å²) in [6.07, 6.45) is 0. The third kappa shape index (κ3) is 2.92. The van der Waals surface area contributed by atoms with Gasteiger partial charge in [-0.2, -0.15) is 0 Å². The van der Waals surface area contributed by atoms with Crippen LogP contribution in [0.4, 0.5) is 5.69 Å². The van der Waals surface area contributed by atoms with E-state index in [1.165, 1.54) is 6.92 Å². The van der Waals surface area contributed by atoms with Crippen molar-refractivity contribution in [1.82, 2.24) is 0 Å². The van der Waals surface area contributed by atoms with E-state index in [1.807, 2.05) is 37.3 Å². The van der Waals surface area contributed by atoms with Crippen molar-refractivity contribution in [2.45, 2.75) is 18.7 Å². The number of nitrogens with zero attached hydrogens (tertiary/aromatic N) is 1. The number of benzene rings is 1. The van der Waals surface area contributed by atoms with Gasteiger partial charge in [-0.1, -0.05) is 34.1 Å². The zero-order valence-electron chi connectivity index (χ0n) is 9.31. The first-order valence-corrected chi connectivity index (χ1v) is 6.00. The largest absolute Gasteiger partial charge is 0.311 e. The first kappa shape index (κ1) is 12.9. The number of rotatable bonds is 4. The Hall–Kier alpha value is -1.16. The molecule has 0 fully saturated rings. The molecular weight excluding hydrogens is 270 g/mol. The van der Waals surface area contributed by atoms with E-state index < -0.39 is 4.83 Å². The van der Waals surface area contributed by atoms with Gasteiger partial charge in [-0.25, -0.2) is 0 Å². The minimum atomic E-state index is -0.757. The number of halogens is 1. The van der Waals surface area contributed by atoms with Crippen LogP contribution in [-0.4, -0.2) is 23.1 Å². The molecule has 0 saturated carbocycles. The normalized spacial score (nSPS) is 11.9. The van der Waals surface area contributed by atoms with E-state index in [0.717, 1.165) is 5.69 Å². The van der Waals surface area contributed by atoms with E-state index in [-0.39, 0.29) is 11.7 Å². The van der Waals surface area contributed by atoms with E-state index >= 15 is 0 Å². The number of carbonyl (C=O) groups is 2. The van der Waals surface area contributed by atoms with Crippen LogP contribution in [0.5, 0.6) is 0 Å². The lowest BCUT2D eigenvalue weighted by Crippen LogP contribution is -2.39. The Morgan fingerprint density at radius 1 is 1.31 bits per heavy atom. The number of hydrogen-bond donors (Lipinski definition) is 0. The second-order valence-corrected chi connectivity index (χ2v) is 4.31. The molecule has 4 heteroatoms. The van der Waals surface area contributed by atoms with Gasteiger partial charge in [0.05, 0.1) is 0 Å². The molecule has 16 heavy (non-hydrogen) atoms. The number of hydrogen-bond acceptors (Lipinski definition) is 2. The molecule has 0 radical (unpaired) electrons. The summed E-state index contributed by atoms with van der Waals surface area (Å²) < 4.78 is 0. The fourth-order valence-corrected chi connectivity index (χ4v) is 1.63. The van der Waals surface area contributed by atoms with Gasteiger partial charge in [0, 0.05) is 12.2 Å². The summed E-state index contributed by atoms with van der Waals surface area (Å²) in [6.45, 7) is 3.82. The maximum Gasteiger partial charge on any atom is 0.248 e. The average Bonchev–Trinajstić information content (AvgIpc) is 2.30. The summed E-state index contributed by atoms with van der Waals surface area (Å²) in [6, 6.07) is 9.31. The average molecular weight is 284 g/mol. The molecule has 1 atom stereocenters. The Morgan fingerprint density at radius 2 is 1.88 bits per heavy atom. The Labute approximate surface area is 104 Å². The quantitative estimate of drug-likeness (QED) is 0.629. The highest BCUT2D eigenvalue weighted by molar-refractivity contribution is 9.10. The van der Waals surface area contributed by atoms with Crippen molar-refractivity contribution < 1.29 is 9.59 Å². The van der Waals surface area contributed by atoms with Gasteiger partial charge in [0.25, 0.3) is 0 Å². The smallest absolute Gasteiger partial charge is 0.248 e. The number of ketones is 1. The molecule has 1 aromatic rings. The Morgan fingerprint density at radius 3 is 2.31 bits per heavy atom. The van der Waals surface area contributed by atoms with Gasteiger partial charge in [-0.15, -0.1) is 0 Å². The van der Waals surface area contributed by atoms with Crippen LogP contribution in [0.25, 0.3) is 0 Å². The van der Waals surface area contributed by atoms with E-state index in [0.29, 0.717) is 6.54 Å². The van der Waals surface area contributed by atoms with Crippen LogP contribution in [-0.2, 0) is 9.59 Å². The number of para-hydroxylation sites is 1. The standard InChI is InChI=1S/C12H14BrNO2/c1-3-14(10-7-5-4-6-8-10)12(16)11(13)9(2)15/h4-8,11H,3H2,1-2H3. The van der Waals surface area contributed by atoms with Crippen molar-refractivity contribution >= 4 is 33.3 Å². The summed E-state index contributed by atoms with van der Waals surface area (Å²) in [5.41, 5.74) is 0.806. The van der Waals surface area contributed by atoms with Crippen LogP contribution in [0, 0.1) is 0 Å². The molecule has 1 amide bonds. The molecule has 1 unspecified atom stereocenters. The third-order valence-corrected chi connectivity index (χ3v) is 3.26. The second-order valence-electron chi connectivity index (χ2n) is 3.39. The first-order chi connectivity index (χ1) is 7.57. The van der Waals surface area contributed by atoms with Crippen LogP contribution in [0.15, 0.2) is 30.3 Å². The molecule has 0 aromatic heterocycles. The molecule has 0 heterocycles. The van der Waals surface area contributed by atoms with Crippen LogP contribution < -0.4 is 4.90 Å². The number of anilines is 1. The van der Waals surface area contributed by atoms with Gasteiger partial charge in [-0.05, 0) is 26.0 Å². The monoisotopic (exact) mass is 283 g/mol. The lowest BCUT2D eigenvalue weighted by molar-refractivity contribution is -0.124. The highest BCUT2D eigenvalue weighted by atomic mass is 79.9. The number of alkyl halides is 1. The molecule has 0 bridgehead atoms. The molecule has 0 spiro atoms. The van der Waals surface area contributed by atoms with Gasteiger partial charge in [0.1, 0.15) is 0 Å². The summed E-state index contributed by atoms with van der Waals surface area (Å²) >= 11 is 3.11. The van der Waals surface area contributed by atoms with E-state index in [2.05, 4.69) is 15.9 Å². The fourth-order valence-electron chi connectivity index (χ4n) is 1.38. The Bertz CT molecular complexity index is 378. The zero-order valence-corrected chi connectivity index (χ0v) is 10.9. The summed E-state index contributed by atoms with van der Waals surface area (Å²) in [5.74, 6) is -0.402. The van der Waals surface area contributed by atoms with Gasteiger partial charge < -0.3 is 4.90 Å². The maximum atomic E-state index is 12.0. The predicted octanol–water partition coefficient (Wildman–Crippen LogP) is 2.39. The van der Waals surface area contributed by atoms with Crippen LogP contribution in [0.3, 0.4) is 0 Å². The molecule has 0 N–H and O–H groups in total. The topological polar surface area (TPSA) is 37.4 Å². The molecule has 1 aromatic carbocycles. The number of Topliss-reactive ketones (excluding diaryl/α,β-unsaturated/α-hetero) is 1. The Balaban J connectivity index is 2.91. The van der Waals surface area contributed by atoms with Crippen molar-refractivity contribution in [3.05, 3.63) is 30.3 Å². The van der Waals surface area contributed by atoms with E-state index in [1.54, 1.807) is 4.90 Å². The van der Waals surface area contributed by atoms with Crippen LogP contribution in [0.2, 0.25) is 0 Å². The maximum absolute atomic E-state index is 12.0. The van der Waals surface area contributed by atoms with Gasteiger partial charge in [-0.3, -0.25) is 9.59 Å². The first-order valence-electron chi connectivity index (χ1n) is 5.09. The van der Waals surface area contributed by atoms with Crippen molar-refractivity contribution in [2.24, 2.45) is 0 Å². The van der Waals surface area contributed by atoms with Crippen LogP contribution >= 0.6 is 15.9 Å². The summed E-state index contributed by atoms with van der Waals surface area (Å²) in [5, 5.41) is 0. The van der Waals surface area contributed by atoms with Crippen molar-refractivity contribution in [2.75, 3.05) is 11.4 Å². The molecule has 1 rings (SSSR count). The van der Waals surface area contributed by atoms with Crippen molar-refractivity contribution in [3.63, 3.8) is 0 Å². The molecule has 0 aliphatic rings. The predicted molar refractivity (Wildman–Crippen MR) is 67.9 cm³/mol. The van der Waals surface area contributed by atoms with Gasteiger partial charge in [0.2, 0.25) is 5.91 Å². The molecule has 3 nitrogen and oxygen atoms in total. The van der Waals surface area contributed by atoms with Gasteiger partial charge in [0.15, 0.2) is 10.6 Å². The summed E-state index contributed by atoms with van der Waals surface area (Å²) in [7, 11) is 0. The van der Waals surface area contributed by atoms with Crippen LogP contribution in [0.1, 0.15) is 13.8 Å². The number of carbonyl (C=O) groups excluding carboxylic acids is 2. The lowest BCUT2D eigenvalue weighted by Gasteiger charge is -2.22. The minimum Gasteiger partial charge on any atom is -0.311 e. The highest BCUT2D eigenvalue weighted by Crippen LogP contribution is 2.16. The molecule has 0 saturated heterocycles. The molecule has 0 aliphatic heterocycles. The second kappa shape index (κ2) is 5.80. The van der Waals surface area contributed by atoms with E-state index in [4.69, 9.17) is 0 Å². The lowest BCUT2D eigenvalue weighted by atomic mass is 10.2. The fraction of sp³-hybridized carbons (Fsp3) is 0.333. The SMILES string of the molecule is CCN(C(=O)C(Br)C(C)=O)c1ccccc1. The molecule has 0 aliphatic carbocycles.